The lowest BCUT2D eigenvalue weighted by atomic mass is 10.2. The van der Waals surface area contributed by atoms with Gasteiger partial charge in [-0.15, -0.1) is 11.8 Å². The van der Waals surface area contributed by atoms with Gasteiger partial charge in [0.1, 0.15) is 0 Å². The highest BCUT2D eigenvalue weighted by Gasteiger charge is 2.25. The molecule has 1 aliphatic heterocycles. The van der Waals surface area contributed by atoms with Crippen molar-refractivity contribution in [1.82, 2.24) is 9.97 Å². The fourth-order valence-corrected chi connectivity index (χ4v) is 4.24. The number of aromatic nitrogens is 2. The Hall–Kier alpha value is -2.93. The van der Waals surface area contributed by atoms with Crippen LogP contribution in [0.4, 0.5) is 5.69 Å². The van der Waals surface area contributed by atoms with Gasteiger partial charge in [0, 0.05) is 29.1 Å². The van der Waals surface area contributed by atoms with Crippen molar-refractivity contribution in [1.29, 1.82) is 0 Å². The summed E-state index contributed by atoms with van der Waals surface area (Å²) in [5.74, 6) is -0.775. The number of thioether (sulfide) groups is 1. The summed E-state index contributed by atoms with van der Waals surface area (Å²) in [6.45, 7) is 2.45. The van der Waals surface area contributed by atoms with Gasteiger partial charge in [-0.05, 0) is 36.8 Å². The second kappa shape index (κ2) is 7.98. The lowest BCUT2D eigenvalue weighted by Gasteiger charge is -2.22. The fourth-order valence-electron chi connectivity index (χ4n) is 3.12. The van der Waals surface area contributed by atoms with Crippen LogP contribution in [0.25, 0.3) is 11.0 Å². The molecule has 1 aliphatic rings. The number of carbonyl (C=O) groups excluding carboxylic acids is 2. The van der Waals surface area contributed by atoms with Crippen LogP contribution in [0, 0.1) is 0 Å². The third-order valence-corrected chi connectivity index (χ3v) is 5.81. The van der Waals surface area contributed by atoms with E-state index in [0.29, 0.717) is 28.4 Å². The van der Waals surface area contributed by atoms with Crippen molar-refractivity contribution in [3.05, 3.63) is 60.4 Å². The van der Waals surface area contributed by atoms with Crippen molar-refractivity contribution in [3.8, 4) is 0 Å². The lowest BCUT2D eigenvalue weighted by Crippen LogP contribution is -2.35. The third kappa shape index (κ3) is 3.84. The molecule has 4 rings (SSSR count). The van der Waals surface area contributed by atoms with Crippen molar-refractivity contribution >= 4 is 40.4 Å². The summed E-state index contributed by atoms with van der Waals surface area (Å²) in [7, 11) is 0. The zero-order valence-electron chi connectivity index (χ0n) is 15.4. The van der Waals surface area contributed by atoms with E-state index in [1.807, 2.05) is 24.3 Å². The van der Waals surface area contributed by atoms with E-state index in [9.17, 15) is 9.59 Å². The van der Waals surface area contributed by atoms with Crippen LogP contribution >= 0.6 is 11.8 Å². The third-order valence-electron chi connectivity index (χ3n) is 4.58. The molecule has 0 saturated carbocycles. The Morgan fingerprint density at radius 3 is 2.79 bits per heavy atom. The number of fused-ring (bicyclic) bond motifs is 2. The normalized spacial score (nSPS) is 16.3. The van der Waals surface area contributed by atoms with Crippen LogP contribution in [0.5, 0.6) is 0 Å². The molecule has 6 nitrogen and oxygen atoms in total. The Morgan fingerprint density at radius 2 is 1.93 bits per heavy atom. The molecule has 0 radical (unpaired) electrons. The first-order valence-corrected chi connectivity index (χ1v) is 9.94. The summed E-state index contributed by atoms with van der Waals surface area (Å²) >= 11 is 1.76. The van der Waals surface area contributed by atoms with E-state index in [2.05, 4.69) is 16.9 Å². The van der Waals surface area contributed by atoms with E-state index in [0.717, 1.165) is 17.0 Å². The number of amides is 1. The largest absolute Gasteiger partial charge is 0.452 e. The molecule has 0 N–H and O–H groups in total. The molecule has 2 aromatic carbocycles. The van der Waals surface area contributed by atoms with Crippen molar-refractivity contribution in [2.45, 2.75) is 23.5 Å². The van der Waals surface area contributed by atoms with Gasteiger partial charge in [-0.3, -0.25) is 14.8 Å². The lowest BCUT2D eigenvalue weighted by molar-refractivity contribution is -0.121. The number of nitrogens with zero attached hydrogens (tertiary/aromatic N) is 3. The monoisotopic (exact) mass is 393 g/mol. The minimum atomic E-state index is -0.549. The standard InChI is InChI=1S/C21H19N3O3S/c1-14-8-11-24(18-4-2-3-5-19(18)28-14)20(25)13-27-21(26)15-6-7-16-17(12-15)23-10-9-22-16/h2-7,9-10,12,14H,8,11,13H2,1H3/t14-/m0/s1. The van der Waals surface area contributed by atoms with Crippen molar-refractivity contribution in [2.24, 2.45) is 0 Å². The maximum atomic E-state index is 12.8. The fraction of sp³-hybridized carbons (Fsp3) is 0.238. The molecule has 3 aromatic rings. The molecule has 142 valence electrons. The number of benzene rings is 2. The molecule has 0 aliphatic carbocycles. The first-order chi connectivity index (χ1) is 13.6. The van der Waals surface area contributed by atoms with Crippen LogP contribution < -0.4 is 4.90 Å². The van der Waals surface area contributed by atoms with E-state index >= 15 is 0 Å². The summed E-state index contributed by atoms with van der Waals surface area (Å²) in [4.78, 5) is 36.3. The number of rotatable bonds is 3. The Morgan fingerprint density at radius 1 is 1.14 bits per heavy atom. The molecule has 0 bridgehead atoms. The number of hydrogen-bond donors (Lipinski definition) is 0. The highest BCUT2D eigenvalue weighted by Crippen LogP contribution is 2.37. The molecule has 2 heterocycles. The van der Waals surface area contributed by atoms with Crippen LogP contribution in [0.3, 0.4) is 0 Å². The predicted molar refractivity (Wildman–Crippen MR) is 109 cm³/mol. The van der Waals surface area contributed by atoms with Crippen LogP contribution in [0.2, 0.25) is 0 Å². The Kier molecular flexibility index (Phi) is 5.25. The van der Waals surface area contributed by atoms with E-state index in [1.165, 1.54) is 0 Å². The maximum absolute atomic E-state index is 12.8. The van der Waals surface area contributed by atoms with Crippen LogP contribution in [-0.2, 0) is 9.53 Å². The van der Waals surface area contributed by atoms with E-state index < -0.39 is 5.97 Å². The molecule has 0 saturated heterocycles. The summed E-state index contributed by atoms with van der Waals surface area (Å²) < 4.78 is 5.29. The number of esters is 1. The van der Waals surface area contributed by atoms with Gasteiger partial charge in [0.2, 0.25) is 0 Å². The molecular formula is C21H19N3O3S. The van der Waals surface area contributed by atoms with Gasteiger partial charge in [-0.1, -0.05) is 19.1 Å². The zero-order valence-corrected chi connectivity index (χ0v) is 16.2. The van der Waals surface area contributed by atoms with Gasteiger partial charge in [-0.25, -0.2) is 4.79 Å². The van der Waals surface area contributed by atoms with Crippen LogP contribution in [0.1, 0.15) is 23.7 Å². The number of carbonyl (C=O) groups is 2. The van der Waals surface area contributed by atoms with Crippen molar-refractivity contribution in [3.63, 3.8) is 0 Å². The van der Waals surface area contributed by atoms with Crippen molar-refractivity contribution in [2.75, 3.05) is 18.1 Å². The maximum Gasteiger partial charge on any atom is 0.338 e. The highest BCUT2D eigenvalue weighted by molar-refractivity contribution is 8.00. The summed E-state index contributed by atoms with van der Waals surface area (Å²) in [6.07, 6.45) is 4.04. The average Bonchev–Trinajstić information content (AvgIpc) is 2.89. The van der Waals surface area contributed by atoms with Crippen LogP contribution in [-0.4, -0.2) is 40.2 Å². The van der Waals surface area contributed by atoms with E-state index in [1.54, 1.807) is 47.3 Å². The quantitative estimate of drug-likeness (QED) is 0.632. The zero-order chi connectivity index (χ0) is 19.5. The van der Waals surface area contributed by atoms with Gasteiger partial charge in [0.05, 0.1) is 22.3 Å². The Bertz CT molecular complexity index is 1040. The minimum absolute atomic E-state index is 0.226. The molecule has 0 fully saturated rings. The number of anilines is 1. The summed E-state index contributed by atoms with van der Waals surface area (Å²) in [5, 5.41) is 0.417. The first-order valence-electron chi connectivity index (χ1n) is 9.06. The SMILES string of the molecule is C[C@H]1CCN(C(=O)COC(=O)c2ccc3nccnc3c2)c2ccccc2S1. The molecule has 0 unspecified atom stereocenters. The van der Waals surface area contributed by atoms with Gasteiger partial charge < -0.3 is 9.64 Å². The molecule has 7 heteroatoms. The number of hydrogen-bond acceptors (Lipinski definition) is 6. The molecule has 0 spiro atoms. The smallest absolute Gasteiger partial charge is 0.338 e. The predicted octanol–water partition coefficient (Wildman–Crippen LogP) is 3.70. The Labute approximate surface area is 166 Å². The van der Waals surface area contributed by atoms with Gasteiger partial charge in [0.15, 0.2) is 6.61 Å². The second-order valence-corrected chi connectivity index (χ2v) is 8.05. The van der Waals surface area contributed by atoms with Gasteiger partial charge in [-0.2, -0.15) is 0 Å². The Balaban J connectivity index is 1.47. The minimum Gasteiger partial charge on any atom is -0.452 e. The molecule has 28 heavy (non-hydrogen) atoms. The van der Waals surface area contributed by atoms with Gasteiger partial charge in [0.25, 0.3) is 5.91 Å². The van der Waals surface area contributed by atoms with Crippen molar-refractivity contribution < 1.29 is 14.3 Å². The molecular weight excluding hydrogens is 374 g/mol. The van der Waals surface area contributed by atoms with Crippen LogP contribution in [0.15, 0.2) is 59.8 Å². The van der Waals surface area contributed by atoms with E-state index in [-0.39, 0.29) is 12.5 Å². The summed E-state index contributed by atoms with van der Waals surface area (Å²) in [5.41, 5.74) is 2.53. The summed E-state index contributed by atoms with van der Waals surface area (Å²) in [6, 6.07) is 12.8. The van der Waals surface area contributed by atoms with E-state index in [4.69, 9.17) is 4.74 Å². The molecule has 1 amide bonds. The number of para-hydroxylation sites is 1. The second-order valence-electron chi connectivity index (χ2n) is 6.57. The number of ether oxygens (including phenoxy) is 1. The highest BCUT2D eigenvalue weighted by atomic mass is 32.2. The molecule has 1 atom stereocenters. The topological polar surface area (TPSA) is 72.4 Å². The molecule has 1 aromatic heterocycles. The average molecular weight is 393 g/mol. The first kappa shape index (κ1) is 18.4. The van der Waals surface area contributed by atoms with Gasteiger partial charge >= 0.3 is 5.97 Å².